The number of halogens is 1. The molecule has 0 aliphatic carbocycles. The summed E-state index contributed by atoms with van der Waals surface area (Å²) in [7, 11) is -2.35. The largest absolute Gasteiger partial charge is 0.495 e. The van der Waals surface area contributed by atoms with Crippen LogP contribution in [-0.4, -0.2) is 33.7 Å². The minimum absolute atomic E-state index is 0.220. The lowest BCUT2D eigenvalue weighted by Crippen LogP contribution is -2.47. The SMILES string of the molecule is CCc1ccc(CC)c(CNC(=O)[C@@H](C)N(c2cc(Cl)ccc2OC)S(C)(=O)=O)c1. The number of amides is 1. The molecule has 164 valence electrons. The molecule has 1 N–H and O–H groups in total. The van der Waals surface area contributed by atoms with Gasteiger partial charge in [0.15, 0.2) is 0 Å². The lowest BCUT2D eigenvalue weighted by atomic mass is 10.0. The maximum absolute atomic E-state index is 12.9. The highest BCUT2D eigenvalue weighted by molar-refractivity contribution is 7.92. The first-order chi connectivity index (χ1) is 14.1. The molecule has 2 aromatic rings. The molecule has 2 aromatic carbocycles. The Morgan fingerprint density at radius 1 is 1.13 bits per heavy atom. The number of nitrogens with one attached hydrogen (secondary N) is 1. The molecule has 1 amide bonds. The number of carbonyl (C=O) groups excluding carboxylic acids is 1. The van der Waals surface area contributed by atoms with E-state index in [0.717, 1.165) is 34.5 Å². The standard InChI is InChI=1S/C22H29ClN2O4S/c1-6-16-8-9-17(7-2)18(12-16)14-24-22(26)15(3)25(30(5,27)28)20-13-19(23)10-11-21(20)29-4/h8-13,15H,6-7,14H2,1-5H3,(H,24,26)/t15-/m1/s1. The van der Waals surface area contributed by atoms with E-state index in [4.69, 9.17) is 16.3 Å². The molecule has 6 nitrogen and oxygen atoms in total. The van der Waals surface area contributed by atoms with Crippen molar-refractivity contribution in [3.8, 4) is 5.75 Å². The van der Waals surface area contributed by atoms with E-state index in [1.54, 1.807) is 19.1 Å². The number of ether oxygens (including phenoxy) is 1. The molecule has 0 aliphatic rings. The van der Waals surface area contributed by atoms with Gasteiger partial charge in [0.1, 0.15) is 11.8 Å². The average Bonchev–Trinajstić information content (AvgIpc) is 2.70. The second-order valence-electron chi connectivity index (χ2n) is 7.08. The van der Waals surface area contributed by atoms with Crippen molar-refractivity contribution in [3.05, 3.63) is 58.1 Å². The zero-order valence-corrected chi connectivity index (χ0v) is 19.6. The number of benzene rings is 2. The molecule has 0 saturated carbocycles. The number of rotatable bonds is 9. The van der Waals surface area contributed by atoms with E-state index in [1.807, 2.05) is 0 Å². The number of hydrogen-bond acceptors (Lipinski definition) is 4. The van der Waals surface area contributed by atoms with Crippen LogP contribution < -0.4 is 14.4 Å². The Hall–Kier alpha value is -2.25. The van der Waals surface area contributed by atoms with Crippen LogP contribution in [0.3, 0.4) is 0 Å². The third kappa shape index (κ3) is 5.67. The summed E-state index contributed by atoms with van der Waals surface area (Å²) in [4.78, 5) is 12.9. The van der Waals surface area contributed by atoms with Crippen molar-refractivity contribution in [1.29, 1.82) is 0 Å². The van der Waals surface area contributed by atoms with E-state index >= 15 is 0 Å². The smallest absolute Gasteiger partial charge is 0.243 e. The van der Waals surface area contributed by atoms with E-state index in [9.17, 15) is 13.2 Å². The second kappa shape index (κ2) is 10.2. The van der Waals surface area contributed by atoms with Crippen LogP contribution in [0.1, 0.15) is 37.5 Å². The maximum Gasteiger partial charge on any atom is 0.243 e. The summed E-state index contributed by atoms with van der Waals surface area (Å²) in [5, 5.41) is 3.22. The van der Waals surface area contributed by atoms with Crippen molar-refractivity contribution in [2.24, 2.45) is 0 Å². The van der Waals surface area contributed by atoms with E-state index in [-0.39, 0.29) is 5.69 Å². The summed E-state index contributed by atoms with van der Waals surface area (Å²) in [5.74, 6) is -0.0974. The lowest BCUT2D eigenvalue weighted by molar-refractivity contribution is -0.122. The van der Waals surface area contributed by atoms with Crippen molar-refractivity contribution in [2.45, 2.75) is 46.2 Å². The average molecular weight is 453 g/mol. The molecular weight excluding hydrogens is 424 g/mol. The van der Waals surface area contributed by atoms with Gasteiger partial charge in [-0.05, 0) is 54.7 Å². The van der Waals surface area contributed by atoms with Gasteiger partial charge in [0, 0.05) is 11.6 Å². The minimum Gasteiger partial charge on any atom is -0.495 e. The molecule has 0 aromatic heterocycles. The molecule has 0 fully saturated rings. The van der Waals surface area contributed by atoms with Gasteiger partial charge >= 0.3 is 0 Å². The molecule has 30 heavy (non-hydrogen) atoms. The molecule has 0 heterocycles. The van der Waals surface area contributed by atoms with Crippen molar-refractivity contribution in [1.82, 2.24) is 5.32 Å². The predicted octanol–water partition coefficient (Wildman–Crippen LogP) is 3.94. The number of carbonyl (C=O) groups is 1. The van der Waals surface area contributed by atoms with Gasteiger partial charge in [-0.1, -0.05) is 43.6 Å². The summed E-state index contributed by atoms with van der Waals surface area (Å²) in [6, 6.07) is 9.90. The number of anilines is 1. The molecule has 0 aliphatic heterocycles. The summed E-state index contributed by atoms with van der Waals surface area (Å²) in [6.07, 6.45) is 2.80. The second-order valence-corrected chi connectivity index (χ2v) is 9.37. The van der Waals surface area contributed by atoms with Crippen molar-refractivity contribution >= 4 is 33.2 Å². The molecular formula is C22H29ClN2O4S. The fourth-order valence-electron chi connectivity index (χ4n) is 3.36. The van der Waals surface area contributed by atoms with Crippen LogP contribution in [0, 0.1) is 0 Å². The van der Waals surface area contributed by atoms with Gasteiger partial charge in [0.25, 0.3) is 0 Å². The van der Waals surface area contributed by atoms with Crippen LogP contribution in [-0.2, 0) is 34.2 Å². The van der Waals surface area contributed by atoms with Gasteiger partial charge in [-0.25, -0.2) is 8.42 Å². The third-order valence-corrected chi connectivity index (χ3v) is 6.44. The Balaban J connectivity index is 2.31. The van der Waals surface area contributed by atoms with Gasteiger partial charge in [0.05, 0.1) is 19.1 Å². The molecule has 0 unspecified atom stereocenters. The minimum atomic E-state index is -3.78. The van der Waals surface area contributed by atoms with Crippen LogP contribution in [0.2, 0.25) is 5.02 Å². The van der Waals surface area contributed by atoms with Gasteiger partial charge in [-0.2, -0.15) is 0 Å². The van der Waals surface area contributed by atoms with E-state index < -0.39 is 22.0 Å². The quantitative estimate of drug-likeness (QED) is 0.625. The Bertz CT molecular complexity index is 1010. The fraction of sp³-hybridized carbons (Fsp3) is 0.409. The first-order valence-electron chi connectivity index (χ1n) is 9.83. The molecule has 8 heteroatoms. The van der Waals surface area contributed by atoms with Crippen LogP contribution in [0.5, 0.6) is 5.75 Å². The summed E-state index contributed by atoms with van der Waals surface area (Å²) in [5.41, 5.74) is 3.59. The number of nitrogens with zero attached hydrogens (tertiary/aromatic N) is 1. The van der Waals surface area contributed by atoms with E-state index in [2.05, 4.69) is 37.4 Å². The summed E-state index contributed by atoms with van der Waals surface area (Å²) >= 11 is 6.08. The highest BCUT2D eigenvalue weighted by Gasteiger charge is 2.31. The highest BCUT2D eigenvalue weighted by atomic mass is 35.5. The summed E-state index contributed by atoms with van der Waals surface area (Å²) in [6.45, 7) is 6.00. The Labute approximate surface area is 184 Å². The Morgan fingerprint density at radius 2 is 1.83 bits per heavy atom. The van der Waals surface area contributed by atoms with Crippen molar-refractivity contribution in [3.63, 3.8) is 0 Å². The van der Waals surface area contributed by atoms with Crippen molar-refractivity contribution in [2.75, 3.05) is 17.7 Å². The van der Waals surface area contributed by atoms with Crippen LogP contribution in [0.15, 0.2) is 36.4 Å². The van der Waals surface area contributed by atoms with Crippen LogP contribution in [0.25, 0.3) is 0 Å². The van der Waals surface area contributed by atoms with Crippen LogP contribution >= 0.6 is 11.6 Å². The van der Waals surface area contributed by atoms with Gasteiger partial charge < -0.3 is 10.1 Å². The third-order valence-electron chi connectivity index (χ3n) is 4.98. The molecule has 0 saturated heterocycles. The maximum atomic E-state index is 12.9. The van der Waals surface area contributed by atoms with E-state index in [1.165, 1.54) is 18.7 Å². The van der Waals surface area contributed by atoms with Gasteiger partial charge in [0.2, 0.25) is 15.9 Å². The topological polar surface area (TPSA) is 75.7 Å². The van der Waals surface area contributed by atoms with Gasteiger partial charge in [-0.3, -0.25) is 9.10 Å². The van der Waals surface area contributed by atoms with Gasteiger partial charge in [-0.15, -0.1) is 0 Å². The number of sulfonamides is 1. The predicted molar refractivity (Wildman–Crippen MR) is 122 cm³/mol. The molecule has 0 spiro atoms. The highest BCUT2D eigenvalue weighted by Crippen LogP contribution is 2.34. The van der Waals surface area contributed by atoms with E-state index in [0.29, 0.717) is 17.3 Å². The zero-order valence-electron chi connectivity index (χ0n) is 18.0. The summed E-state index contributed by atoms with van der Waals surface area (Å²) < 4.78 is 31.5. The normalized spacial score (nSPS) is 12.3. The van der Waals surface area contributed by atoms with Crippen LogP contribution in [0.4, 0.5) is 5.69 Å². The number of hydrogen-bond donors (Lipinski definition) is 1. The lowest BCUT2D eigenvalue weighted by Gasteiger charge is -2.29. The molecule has 2 rings (SSSR count). The monoisotopic (exact) mass is 452 g/mol. The zero-order chi connectivity index (χ0) is 22.5. The Morgan fingerprint density at radius 3 is 2.40 bits per heavy atom. The molecule has 0 bridgehead atoms. The first kappa shape index (κ1) is 24.0. The van der Waals surface area contributed by atoms with Crippen molar-refractivity contribution < 1.29 is 17.9 Å². The first-order valence-corrected chi connectivity index (χ1v) is 12.1. The fourth-order valence-corrected chi connectivity index (χ4v) is 4.69. The number of aryl methyl sites for hydroxylation is 2. The molecule has 0 radical (unpaired) electrons. The Kier molecular flexibility index (Phi) is 8.15. The molecule has 1 atom stereocenters. The number of methoxy groups -OCH3 is 1.